The van der Waals surface area contributed by atoms with Gasteiger partial charge in [-0.25, -0.2) is 19.9 Å². The molecule has 8 heteroatoms. The van der Waals surface area contributed by atoms with Crippen LogP contribution in [0.4, 0.5) is 0 Å². The second-order valence-electron chi connectivity index (χ2n) is 4.21. The van der Waals surface area contributed by atoms with Crippen molar-refractivity contribution in [3.63, 3.8) is 0 Å². The van der Waals surface area contributed by atoms with Crippen LogP contribution < -0.4 is 11.4 Å². The lowest BCUT2D eigenvalue weighted by Gasteiger charge is -2.05. The van der Waals surface area contributed by atoms with Gasteiger partial charge in [-0.2, -0.15) is 0 Å². The molecule has 0 fully saturated rings. The van der Waals surface area contributed by atoms with E-state index in [0.717, 1.165) is 12.0 Å². The standard InChI is InChI=1S/C11H16N6OS/c1-3-17-10(18)15-16-11(17)19-9-13-5-8(6-14-9)4-7(2)12/h5-7H,3-4,12H2,1-2H3,(H,15,18). The molecule has 102 valence electrons. The van der Waals surface area contributed by atoms with E-state index in [9.17, 15) is 4.79 Å². The van der Waals surface area contributed by atoms with Crippen LogP contribution in [0.2, 0.25) is 0 Å². The Morgan fingerprint density at radius 2 is 2.16 bits per heavy atom. The Labute approximate surface area is 114 Å². The zero-order chi connectivity index (χ0) is 13.8. The van der Waals surface area contributed by atoms with Crippen LogP contribution in [-0.4, -0.2) is 30.8 Å². The first kappa shape index (κ1) is 13.8. The number of aromatic amines is 1. The Morgan fingerprint density at radius 3 is 2.74 bits per heavy atom. The first-order chi connectivity index (χ1) is 9.10. The maximum Gasteiger partial charge on any atom is 0.343 e. The van der Waals surface area contributed by atoms with Crippen molar-refractivity contribution in [1.29, 1.82) is 0 Å². The van der Waals surface area contributed by atoms with Crippen LogP contribution in [0.1, 0.15) is 19.4 Å². The first-order valence-corrected chi connectivity index (χ1v) is 6.81. The van der Waals surface area contributed by atoms with Gasteiger partial charge >= 0.3 is 5.69 Å². The molecule has 0 aliphatic carbocycles. The third-order valence-corrected chi connectivity index (χ3v) is 3.35. The van der Waals surface area contributed by atoms with Crippen LogP contribution in [0.15, 0.2) is 27.5 Å². The molecule has 0 bridgehead atoms. The summed E-state index contributed by atoms with van der Waals surface area (Å²) in [5, 5.41) is 7.47. The van der Waals surface area contributed by atoms with Gasteiger partial charge < -0.3 is 5.73 Å². The number of nitrogens with zero attached hydrogens (tertiary/aromatic N) is 4. The number of nitrogens with one attached hydrogen (secondary N) is 1. The van der Waals surface area contributed by atoms with Crippen LogP contribution in [-0.2, 0) is 13.0 Å². The summed E-state index contributed by atoms with van der Waals surface area (Å²) in [5.74, 6) is 0. The van der Waals surface area contributed by atoms with E-state index in [1.165, 1.54) is 16.3 Å². The molecule has 0 saturated carbocycles. The number of hydrogen-bond acceptors (Lipinski definition) is 6. The molecule has 0 radical (unpaired) electrons. The number of rotatable bonds is 5. The molecule has 2 aromatic heterocycles. The fourth-order valence-corrected chi connectivity index (χ4v) is 2.40. The summed E-state index contributed by atoms with van der Waals surface area (Å²) >= 11 is 1.25. The third kappa shape index (κ3) is 3.42. The van der Waals surface area contributed by atoms with Gasteiger partial charge in [-0.1, -0.05) is 0 Å². The van der Waals surface area contributed by atoms with Crippen LogP contribution in [0.3, 0.4) is 0 Å². The second-order valence-corrected chi connectivity index (χ2v) is 5.15. The Morgan fingerprint density at radius 1 is 1.47 bits per heavy atom. The summed E-state index contributed by atoms with van der Waals surface area (Å²) in [7, 11) is 0. The normalized spacial score (nSPS) is 12.6. The molecule has 0 aliphatic rings. The smallest absolute Gasteiger partial charge is 0.328 e. The summed E-state index contributed by atoms with van der Waals surface area (Å²) in [4.78, 5) is 19.9. The molecule has 0 amide bonds. The van der Waals surface area contributed by atoms with Crippen molar-refractivity contribution in [2.75, 3.05) is 0 Å². The molecule has 0 spiro atoms. The quantitative estimate of drug-likeness (QED) is 0.770. The Balaban J connectivity index is 2.13. The highest BCUT2D eigenvalue weighted by molar-refractivity contribution is 7.99. The maximum atomic E-state index is 11.4. The summed E-state index contributed by atoms with van der Waals surface area (Å²) in [5.41, 5.74) is 6.48. The maximum absolute atomic E-state index is 11.4. The van der Waals surface area contributed by atoms with E-state index in [4.69, 9.17) is 5.73 Å². The van der Waals surface area contributed by atoms with Gasteiger partial charge in [0.15, 0.2) is 10.3 Å². The minimum atomic E-state index is -0.224. The van der Waals surface area contributed by atoms with Crippen molar-refractivity contribution < 1.29 is 0 Å². The molecule has 1 atom stereocenters. The molecule has 1 unspecified atom stereocenters. The van der Waals surface area contributed by atoms with E-state index in [1.54, 1.807) is 12.4 Å². The topological polar surface area (TPSA) is 102 Å². The van der Waals surface area contributed by atoms with Gasteiger partial charge in [-0.05, 0) is 37.6 Å². The lowest BCUT2D eigenvalue weighted by atomic mass is 10.1. The first-order valence-electron chi connectivity index (χ1n) is 5.99. The van der Waals surface area contributed by atoms with Gasteiger partial charge in [0.1, 0.15) is 0 Å². The van der Waals surface area contributed by atoms with Crippen LogP contribution >= 0.6 is 11.8 Å². The highest BCUT2D eigenvalue weighted by Crippen LogP contribution is 2.20. The zero-order valence-electron chi connectivity index (χ0n) is 10.8. The fourth-order valence-electron chi connectivity index (χ4n) is 1.61. The van der Waals surface area contributed by atoms with E-state index >= 15 is 0 Å². The van der Waals surface area contributed by atoms with Crippen LogP contribution in [0.5, 0.6) is 0 Å². The molecule has 0 aromatic carbocycles. The summed E-state index contributed by atoms with van der Waals surface area (Å²) < 4.78 is 1.53. The molecular formula is C11H16N6OS. The Bertz CT molecular complexity index is 588. The predicted molar refractivity (Wildman–Crippen MR) is 72.0 cm³/mol. The highest BCUT2D eigenvalue weighted by atomic mass is 32.2. The van der Waals surface area contributed by atoms with Gasteiger partial charge in [-0.15, -0.1) is 5.10 Å². The molecule has 19 heavy (non-hydrogen) atoms. The number of nitrogens with two attached hydrogens (primary N) is 1. The van der Waals surface area contributed by atoms with Gasteiger partial charge in [0, 0.05) is 25.0 Å². The van der Waals surface area contributed by atoms with E-state index in [2.05, 4.69) is 20.2 Å². The molecule has 0 aliphatic heterocycles. The monoisotopic (exact) mass is 280 g/mol. The molecular weight excluding hydrogens is 264 g/mol. The Kier molecular flexibility index (Phi) is 4.33. The van der Waals surface area contributed by atoms with Gasteiger partial charge in [0.05, 0.1) is 0 Å². The van der Waals surface area contributed by atoms with Crippen molar-refractivity contribution in [1.82, 2.24) is 24.7 Å². The number of aromatic nitrogens is 5. The highest BCUT2D eigenvalue weighted by Gasteiger charge is 2.10. The fraction of sp³-hybridized carbons (Fsp3) is 0.455. The zero-order valence-corrected chi connectivity index (χ0v) is 11.6. The van der Waals surface area contributed by atoms with Gasteiger partial charge in [-0.3, -0.25) is 4.57 Å². The second kappa shape index (κ2) is 5.98. The largest absolute Gasteiger partial charge is 0.343 e. The molecule has 0 saturated heterocycles. The van der Waals surface area contributed by atoms with E-state index < -0.39 is 0 Å². The molecule has 3 N–H and O–H groups in total. The summed E-state index contributed by atoms with van der Waals surface area (Å²) in [6.45, 7) is 4.38. The summed E-state index contributed by atoms with van der Waals surface area (Å²) in [6, 6.07) is 0.0821. The third-order valence-electron chi connectivity index (χ3n) is 2.46. The predicted octanol–water partition coefficient (Wildman–Crippen LogP) is 0.422. The lowest BCUT2D eigenvalue weighted by molar-refractivity contribution is 0.659. The molecule has 2 rings (SSSR count). The Hall–Kier alpha value is -1.67. The van der Waals surface area contributed by atoms with Gasteiger partial charge in [0.2, 0.25) is 0 Å². The average Bonchev–Trinajstić information content (AvgIpc) is 2.71. The molecule has 2 aromatic rings. The lowest BCUT2D eigenvalue weighted by Crippen LogP contribution is -2.18. The molecule has 7 nitrogen and oxygen atoms in total. The molecule has 2 heterocycles. The van der Waals surface area contributed by atoms with Crippen molar-refractivity contribution >= 4 is 11.8 Å². The van der Waals surface area contributed by atoms with Crippen LogP contribution in [0, 0.1) is 0 Å². The van der Waals surface area contributed by atoms with E-state index in [1.807, 2.05) is 13.8 Å². The SMILES string of the molecule is CCn1c(Sc2ncc(CC(C)N)cn2)n[nH]c1=O. The minimum absolute atomic E-state index is 0.0821. The van der Waals surface area contributed by atoms with E-state index in [0.29, 0.717) is 16.9 Å². The van der Waals surface area contributed by atoms with Gasteiger partial charge in [0.25, 0.3) is 0 Å². The van der Waals surface area contributed by atoms with Crippen molar-refractivity contribution in [3.05, 3.63) is 28.4 Å². The van der Waals surface area contributed by atoms with Crippen molar-refractivity contribution in [2.45, 2.75) is 43.2 Å². The average molecular weight is 280 g/mol. The minimum Gasteiger partial charge on any atom is -0.328 e. The summed E-state index contributed by atoms with van der Waals surface area (Å²) in [6.07, 6.45) is 4.24. The van der Waals surface area contributed by atoms with Crippen molar-refractivity contribution in [3.8, 4) is 0 Å². The number of H-pyrrole nitrogens is 1. The van der Waals surface area contributed by atoms with Crippen molar-refractivity contribution in [2.24, 2.45) is 5.73 Å². The van der Waals surface area contributed by atoms with E-state index in [-0.39, 0.29) is 11.7 Å². The van der Waals surface area contributed by atoms with Crippen LogP contribution in [0.25, 0.3) is 0 Å². The number of hydrogen-bond donors (Lipinski definition) is 2.